The molecule has 0 aliphatic carbocycles. The summed E-state index contributed by atoms with van der Waals surface area (Å²) in [6, 6.07) is 5.55. The molecule has 0 radical (unpaired) electrons. The zero-order valence-electron chi connectivity index (χ0n) is 15.0. The summed E-state index contributed by atoms with van der Waals surface area (Å²) in [5.74, 6) is -0.204. The van der Waals surface area contributed by atoms with Gasteiger partial charge in [-0.05, 0) is 31.8 Å². The lowest BCUT2D eigenvalue weighted by Gasteiger charge is -2.37. The average Bonchev–Trinajstić information content (AvgIpc) is 2.54. The largest absolute Gasteiger partial charge is 0.338 e. The highest BCUT2D eigenvalue weighted by atomic mass is 32.2. The minimum Gasteiger partial charge on any atom is -0.338 e. The summed E-state index contributed by atoms with van der Waals surface area (Å²) < 4.78 is 35.7. The zero-order valence-corrected chi connectivity index (χ0v) is 15.8. The van der Waals surface area contributed by atoms with E-state index in [1.54, 1.807) is 17.0 Å². The van der Waals surface area contributed by atoms with Crippen LogP contribution < -0.4 is 0 Å². The van der Waals surface area contributed by atoms with E-state index in [1.807, 2.05) is 19.0 Å². The zero-order chi connectivity index (χ0) is 18.6. The molecule has 1 atom stereocenters. The predicted octanol–water partition coefficient (Wildman–Crippen LogP) is 0.617. The SMILES string of the molecule is CN(C)[C@@H](C(=O)N1CCN(CCS(C)(=O)=O)CC1)c1ccc(F)cc1. The second kappa shape index (κ2) is 8.25. The van der Waals surface area contributed by atoms with Gasteiger partial charge in [0, 0.05) is 39.0 Å². The Morgan fingerprint density at radius 1 is 1.16 bits per heavy atom. The van der Waals surface area contributed by atoms with Crippen LogP contribution >= 0.6 is 0 Å². The molecule has 1 heterocycles. The molecule has 6 nitrogen and oxygen atoms in total. The van der Waals surface area contributed by atoms with Gasteiger partial charge >= 0.3 is 0 Å². The highest BCUT2D eigenvalue weighted by molar-refractivity contribution is 7.90. The van der Waals surface area contributed by atoms with Crippen molar-refractivity contribution in [1.82, 2.24) is 14.7 Å². The van der Waals surface area contributed by atoms with Crippen molar-refractivity contribution in [3.05, 3.63) is 35.6 Å². The van der Waals surface area contributed by atoms with Crippen LogP contribution in [0.1, 0.15) is 11.6 Å². The number of likely N-dealkylation sites (N-methyl/N-ethyl adjacent to an activating group) is 1. The minimum atomic E-state index is -2.98. The average molecular weight is 371 g/mol. The fourth-order valence-electron chi connectivity index (χ4n) is 2.97. The van der Waals surface area contributed by atoms with Crippen molar-refractivity contribution in [3.8, 4) is 0 Å². The van der Waals surface area contributed by atoms with Gasteiger partial charge < -0.3 is 4.90 Å². The molecule has 1 aliphatic rings. The number of carbonyl (C=O) groups excluding carboxylic acids is 1. The van der Waals surface area contributed by atoms with Gasteiger partial charge in [-0.1, -0.05) is 12.1 Å². The van der Waals surface area contributed by atoms with Crippen molar-refractivity contribution < 1.29 is 17.6 Å². The van der Waals surface area contributed by atoms with Crippen LogP contribution in [0.4, 0.5) is 4.39 Å². The van der Waals surface area contributed by atoms with Crippen LogP contribution in [0.15, 0.2) is 24.3 Å². The quantitative estimate of drug-likeness (QED) is 0.734. The van der Waals surface area contributed by atoms with E-state index in [9.17, 15) is 17.6 Å². The summed E-state index contributed by atoms with van der Waals surface area (Å²) in [5, 5.41) is 0. The number of halogens is 1. The van der Waals surface area contributed by atoms with Gasteiger partial charge in [0.2, 0.25) is 5.91 Å². The smallest absolute Gasteiger partial charge is 0.244 e. The maximum atomic E-state index is 13.1. The normalized spacial score (nSPS) is 17.7. The Balaban J connectivity index is 1.98. The molecule has 0 saturated carbocycles. The maximum Gasteiger partial charge on any atom is 0.244 e. The first-order valence-electron chi connectivity index (χ1n) is 8.28. The monoisotopic (exact) mass is 371 g/mol. The molecule has 1 aromatic carbocycles. The topological polar surface area (TPSA) is 60.9 Å². The highest BCUT2D eigenvalue weighted by Crippen LogP contribution is 2.22. The van der Waals surface area contributed by atoms with E-state index in [0.29, 0.717) is 32.7 Å². The van der Waals surface area contributed by atoms with Gasteiger partial charge in [0.25, 0.3) is 0 Å². The Morgan fingerprint density at radius 3 is 2.20 bits per heavy atom. The predicted molar refractivity (Wildman–Crippen MR) is 95.6 cm³/mol. The first-order chi connectivity index (χ1) is 11.7. The summed E-state index contributed by atoms with van der Waals surface area (Å²) in [7, 11) is 0.678. The lowest BCUT2D eigenvalue weighted by molar-refractivity contribution is -0.138. The van der Waals surface area contributed by atoms with Gasteiger partial charge in [-0.3, -0.25) is 14.6 Å². The summed E-state index contributed by atoms with van der Waals surface area (Å²) in [6.45, 7) is 2.94. The number of amides is 1. The Labute approximate surface area is 149 Å². The first-order valence-corrected chi connectivity index (χ1v) is 10.3. The second-order valence-electron chi connectivity index (χ2n) is 6.71. The van der Waals surface area contributed by atoms with Crippen LogP contribution in [0.2, 0.25) is 0 Å². The molecule has 0 N–H and O–H groups in total. The molecule has 25 heavy (non-hydrogen) atoms. The number of carbonyl (C=O) groups is 1. The minimum absolute atomic E-state index is 0.0145. The second-order valence-corrected chi connectivity index (χ2v) is 8.97. The van der Waals surface area contributed by atoms with E-state index >= 15 is 0 Å². The Morgan fingerprint density at radius 2 is 1.72 bits per heavy atom. The molecule has 0 unspecified atom stereocenters. The van der Waals surface area contributed by atoms with Crippen molar-refractivity contribution in [2.75, 3.05) is 58.8 Å². The lowest BCUT2D eigenvalue weighted by Crippen LogP contribution is -2.52. The highest BCUT2D eigenvalue weighted by Gasteiger charge is 2.30. The molecule has 1 aliphatic heterocycles. The molecule has 1 saturated heterocycles. The van der Waals surface area contributed by atoms with Crippen molar-refractivity contribution in [3.63, 3.8) is 0 Å². The van der Waals surface area contributed by atoms with Crippen LogP contribution in [0.3, 0.4) is 0 Å². The van der Waals surface area contributed by atoms with Gasteiger partial charge in [0.15, 0.2) is 0 Å². The number of sulfone groups is 1. The third kappa shape index (κ3) is 5.76. The van der Waals surface area contributed by atoms with Crippen molar-refractivity contribution in [2.45, 2.75) is 6.04 Å². The van der Waals surface area contributed by atoms with E-state index in [0.717, 1.165) is 5.56 Å². The number of rotatable bonds is 6. The van der Waals surface area contributed by atoms with Crippen LogP contribution in [0.25, 0.3) is 0 Å². The molecular formula is C17H26FN3O3S. The molecular weight excluding hydrogens is 345 g/mol. The number of piperazine rings is 1. The van der Waals surface area contributed by atoms with E-state index in [2.05, 4.69) is 4.90 Å². The molecule has 8 heteroatoms. The van der Waals surface area contributed by atoms with Gasteiger partial charge in [0.1, 0.15) is 21.7 Å². The fourth-order valence-corrected chi connectivity index (χ4v) is 3.56. The Kier molecular flexibility index (Phi) is 6.53. The van der Waals surface area contributed by atoms with Crippen LogP contribution in [0, 0.1) is 5.82 Å². The first kappa shape index (κ1) is 19.8. The molecule has 140 valence electrons. The van der Waals surface area contributed by atoms with Gasteiger partial charge in [-0.2, -0.15) is 0 Å². The summed E-state index contributed by atoms with van der Waals surface area (Å²) in [5.41, 5.74) is 0.760. The Bertz CT molecular complexity index is 684. The van der Waals surface area contributed by atoms with E-state index in [1.165, 1.54) is 18.4 Å². The summed E-state index contributed by atoms with van der Waals surface area (Å²) >= 11 is 0. The molecule has 1 aromatic rings. The number of benzene rings is 1. The van der Waals surface area contributed by atoms with Crippen molar-refractivity contribution in [1.29, 1.82) is 0 Å². The molecule has 1 fully saturated rings. The Hall–Kier alpha value is -1.51. The van der Waals surface area contributed by atoms with Gasteiger partial charge in [-0.15, -0.1) is 0 Å². The van der Waals surface area contributed by atoms with Crippen molar-refractivity contribution >= 4 is 15.7 Å². The summed E-state index contributed by atoms with van der Waals surface area (Å²) in [6.07, 6.45) is 1.23. The molecule has 1 amide bonds. The molecule has 0 bridgehead atoms. The van der Waals surface area contributed by atoms with E-state index in [-0.39, 0.29) is 17.5 Å². The molecule has 0 spiro atoms. The number of nitrogens with zero attached hydrogens (tertiary/aromatic N) is 3. The van der Waals surface area contributed by atoms with Crippen molar-refractivity contribution in [2.24, 2.45) is 0 Å². The van der Waals surface area contributed by atoms with E-state index in [4.69, 9.17) is 0 Å². The van der Waals surface area contributed by atoms with Crippen LogP contribution in [0.5, 0.6) is 0 Å². The fraction of sp³-hybridized carbons (Fsp3) is 0.588. The third-order valence-corrected chi connectivity index (χ3v) is 5.32. The molecule has 0 aromatic heterocycles. The lowest BCUT2D eigenvalue weighted by atomic mass is 10.0. The van der Waals surface area contributed by atoms with Crippen LogP contribution in [-0.4, -0.2) is 87.9 Å². The van der Waals surface area contributed by atoms with Crippen LogP contribution in [-0.2, 0) is 14.6 Å². The standard InChI is InChI=1S/C17H26FN3O3S/c1-19(2)16(14-4-6-15(18)7-5-14)17(22)21-10-8-20(9-11-21)12-13-25(3,23)24/h4-7,16H,8-13H2,1-3H3/t16-/m1/s1. The van der Waals surface area contributed by atoms with Gasteiger partial charge in [-0.25, -0.2) is 12.8 Å². The van der Waals surface area contributed by atoms with E-state index < -0.39 is 15.9 Å². The third-order valence-electron chi connectivity index (χ3n) is 4.40. The maximum absolute atomic E-state index is 13.1. The number of hydrogen-bond acceptors (Lipinski definition) is 5. The van der Waals surface area contributed by atoms with Gasteiger partial charge in [0.05, 0.1) is 5.75 Å². The summed E-state index contributed by atoms with van der Waals surface area (Å²) in [4.78, 5) is 18.6. The number of hydrogen-bond donors (Lipinski definition) is 0. The molecule has 2 rings (SSSR count).